The Bertz CT molecular complexity index is 697. The Balaban J connectivity index is 1.91. The highest BCUT2D eigenvalue weighted by Gasteiger charge is 2.40. The van der Waals surface area contributed by atoms with E-state index in [1.165, 1.54) is 42.5 Å². The second kappa shape index (κ2) is 5.45. The molecule has 0 spiro atoms. The molecule has 1 aliphatic carbocycles. The molecule has 4 nitrogen and oxygen atoms in total. The van der Waals surface area contributed by atoms with Gasteiger partial charge in [0.15, 0.2) is 0 Å². The van der Waals surface area contributed by atoms with Crippen molar-refractivity contribution in [2.45, 2.75) is 70.5 Å². The summed E-state index contributed by atoms with van der Waals surface area (Å²) in [6, 6.07) is 9.26. The fraction of sp³-hybridized carbons (Fsp3) is 0.579. The molecule has 1 aromatic carbocycles. The predicted octanol–water partition coefficient (Wildman–Crippen LogP) is 4.11. The zero-order chi connectivity index (χ0) is 16.0. The first-order valence-corrected chi connectivity index (χ1v) is 8.81. The number of hydrogen-bond acceptors (Lipinski definition) is 3. The van der Waals surface area contributed by atoms with Gasteiger partial charge in [-0.15, -0.1) is 5.10 Å². The molecular formula is C19H26N4. The van der Waals surface area contributed by atoms with Crippen molar-refractivity contribution in [3.05, 3.63) is 35.5 Å². The largest absolute Gasteiger partial charge is 0.291 e. The van der Waals surface area contributed by atoms with E-state index in [0.29, 0.717) is 12.0 Å². The number of aromatic amines is 1. The van der Waals surface area contributed by atoms with Gasteiger partial charge in [0, 0.05) is 29.6 Å². The van der Waals surface area contributed by atoms with E-state index in [0.717, 1.165) is 12.2 Å². The van der Waals surface area contributed by atoms with Gasteiger partial charge in [0.25, 0.3) is 0 Å². The van der Waals surface area contributed by atoms with E-state index in [4.69, 9.17) is 0 Å². The van der Waals surface area contributed by atoms with Crippen molar-refractivity contribution in [3.63, 3.8) is 0 Å². The molecule has 2 heterocycles. The minimum atomic E-state index is 0.151. The standard InChI is InChI=1S/C19H26N4/c1-19(2,3)23-12-13-8-4-5-9-14(13)17-18(21-22-20-17)15-10-6-7-11-16(15)23/h4-5,8-9,15-16H,6-7,10-12H2,1-3H3,(H,20,21,22). The van der Waals surface area contributed by atoms with E-state index >= 15 is 0 Å². The maximum atomic E-state index is 4.45. The lowest BCUT2D eigenvalue weighted by Gasteiger charge is -2.48. The maximum absolute atomic E-state index is 4.45. The highest BCUT2D eigenvalue weighted by Crippen LogP contribution is 2.44. The van der Waals surface area contributed by atoms with Crippen molar-refractivity contribution in [2.75, 3.05) is 0 Å². The molecule has 1 aromatic heterocycles. The van der Waals surface area contributed by atoms with E-state index in [-0.39, 0.29) is 5.54 Å². The molecule has 122 valence electrons. The molecule has 23 heavy (non-hydrogen) atoms. The summed E-state index contributed by atoms with van der Waals surface area (Å²) in [6.07, 6.45) is 5.13. The molecule has 4 rings (SSSR count). The average molecular weight is 310 g/mol. The van der Waals surface area contributed by atoms with Crippen LogP contribution in [0.2, 0.25) is 0 Å². The first-order chi connectivity index (χ1) is 11.1. The third-order valence-electron chi connectivity index (χ3n) is 5.55. The predicted molar refractivity (Wildman–Crippen MR) is 92.1 cm³/mol. The number of hydrogen-bond donors (Lipinski definition) is 1. The highest BCUT2D eigenvalue weighted by atomic mass is 15.3. The molecule has 2 aliphatic rings. The van der Waals surface area contributed by atoms with E-state index in [2.05, 4.69) is 65.3 Å². The Morgan fingerprint density at radius 1 is 1.13 bits per heavy atom. The van der Waals surface area contributed by atoms with Gasteiger partial charge >= 0.3 is 0 Å². The van der Waals surface area contributed by atoms with Crippen molar-refractivity contribution < 1.29 is 0 Å². The van der Waals surface area contributed by atoms with E-state index in [9.17, 15) is 0 Å². The molecule has 0 amide bonds. The van der Waals surface area contributed by atoms with Crippen LogP contribution in [0.1, 0.15) is 63.6 Å². The third-order valence-corrected chi connectivity index (χ3v) is 5.55. The number of nitrogens with one attached hydrogen (secondary N) is 1. The van der Waals surface area contributed by atoms with Crippen LogP contribution in [0.4, 0.5) is 0 Å². The summed E-state index contributed by atoms with van der Waals surface area (Å²) in [7, 11) is 0. The van der Waals surface area contributed by atoms with Crippen LogP contribution in [-0.2, 0) is 6.54 Å². The van der Waals surface area contributed by atoms with E-state index in [1.54, 1.807) is 0 Å². The van der Waals surface area contributed by atoms with Gasteiger partial charge in [-0.2, -0.15) is 0 Å². The lowest BCUT2D eigenvalue weighted by molar-refractivity contribution is 0.0382. The summed E-state index contributed by atoms with van der Waals surface area (Å²) in [4.78, 5) is 2.71. The van der Waals surface area contributed by atoms with Gasteiger partial charge in [-0.1, -0.05) is 42.3 Å². The lowest BCUT2D eigenvalue weighted by atomic mass is 9.77. The Morgan fingerprint density at radius 3 is 2.74 bits per heavy atom. The summed E-state index contributed by atoms with van der Waals surface area (Å²) >= 11 is 0. The molecule has 0 saturated heterocycles. The molecule has 1 N–H and O–H groups in total. The number of nitrogens with zero attached hydrogens (tertiary/aromatic N) is 3. The SMILES string of the molecule is CC(C)(C)N1Cc2ccccc2-c2nn[nH]c2C2CCCCC21. The van der Waals surface area contributed by atoms with E-state index < -0.39 is 0 Å². The van der Waals surface area contributed by atoms with Gasteiger partial charge in [-0.05, 0) is 39.2 Å². The third kappa shape index (κ3) is 2.49. The fourth-order valence-electron chi connectivity index (χ4n) is 4.44. The summed E-state index contributed by atoms with van der Waals surface area (Å²) in [6.45, 7) is 8.02. The van der Waals surface area contributed by atoms with Crippen LogP contribution in [0, 0.1) is 0 Å². The zero-order valence-electron chi connectivity index (χ0n) is 14.3. The molecule has 1 fully saturated rings. The monoisotopic (exact) mass is 310 g/mol. The lowest BCUT2D eigenvalue weighted by Crippen LogP contribution is -2.51. The van der Waals surface area contributed by atoms with Crippen LogP contribution in [0.15, 0.2) is 24.3 Å². The van der Waals surface area contributed by atoms with Crippen molar-refractivity contribution in [3.8, 4) is 11.3 Å². The molecule has 0 radical (unpaired) electrons. The normalized spacial score (nSPS) is 25.0. The molecule has 2 aromatic rings. The second-order valence-electron chi connectivity index (χ2n) is 7.99. The molecule has 4 heteroatoms. The topological polar surface area (TPSA) is 44.8 Å². The Hall–Kier alpha value is -1.68. The minimum absolute atomic E-state index is 0.151. The quantitative estimate of drug-likeness (QED) is 0.796. The molecule has 1 aliphatic heterocycles. The van der Waals surface area contributed by atoms with Gasteiger partial charge in [0.2, 0.25) is 0 Å². The number of rotatable bonds is 0. The molecule has 2 unspecified atom stereocenters. The van der Waals surface area contributed by atoms with Gasteiger partial charge in [0.05, 0.1) is 5.69 Å². The van der Waals surface area contributed by atoms with Gasteiger partial charge in [-0.25, -0.2) is 0 Å². The van der Waals surface area contributed by atoms with E-state index in [1.807, 2.05) is 0 Å². The number of H-pyrrole nitrogens is 1. The van der Waals surface area contributed by atoms with Crippen LogP contribution < -0.4 is 0 Å². The van der Waals surface area contributed by atoms with Crippen LogP contribution in [0.5, 0.6) is 0 Å². The average Bonchev–Trinajstić information content (AvgIpc) is 2.99. The van der Waals surface area contributed by atoms with Crippen molar-refractivity contribution in [1.29, 1.82) is 0 Å². The number of fused-ring (bicyclic) bond motifs is 5. The van der Waals surface area contributed by atoms with Crippen molar-refractivity contribution in [2.24, 2.45) is 0 Å². The van der Waals surface area contributed by atoms with Gasteiger partial charge in [0.1, 0.15) is 5.69 Å². The molecule has 1 saturated carbocycles. The number of benzene rings is 1. The van der Waals surface area contributed by atoms with Crippen LogP contribution in [0.25, 0.3) is 11.3 Å². The summed E-state index contributed by atoms with van der Waals surface area (Å²) in [5, 5.41) is 11.9. The summed E-state index contributed by atoms with van der Waals surface area (Å²) in [5.41, 5.74) is 5.08. The second-order valence-corrected chi connectivity index (χ2v) is 7.99. The Kier molecular flexibility index (Phi) is 3.52. The molecule has 2 atom stereocenters. The van der Waals surface area contributed by atoms with Gasteiger partial charge in [-0.3, -0.25) is 10.00 Å². The minimum Gasteiger partial charge on any atom is -0.291 e. The van der Waals surface area contributed by atoms with Crippen LogP contribution in [0.3, 0.4) is 0 Å². The fourth-order valence-corrected chi connectivity index (χ4v) is 4.44. The number of aromatic nitrogens is 3. The first kappa shape index (κ1) is 14.9. The molecular weight excluding hydrogens is 284 g/mol. The summed E-state index contributed by atoms with van der Waals surface area (Å²) < 4.78 is 0. The Labute approximate surface area is 138 Å². The zero-order valence-corrected chi connectivity index (χ0v) is 14.3. The maximum Gasteiger partial charge on any atom is 0.116 e. The van der Waals surface area contributed by atoms with Crippen LogP contribution in [-0.4, -0.2) is 31.9 Å². The van der Waals surface area contributed by atoms with Crippen molar-refractivity contribution in [1.82, 2.24) is 20.3 Å². The first-order valence-electron chi connectivity index (χ1n) is 8.81. The molecule has 0 bridgehead atoms. The smallest absolute Gasteiger partial charge is 0.116 e. The van der Waals surface area contributed by atoms with Crippen LogP contribution >= 0.6 is 0 Å². The summed E-state index contributed by atoms with van der Waals surface area (Å²) in [5.74, 6) is 0.515. The van der Waals surface area contributed by atoms with Gasteiger partial charge < -0.3 is 0 Å². The van der Waals surface area contributed by atoms with Crippen molar-refractivity contribution >= 4 is 0 Å². The Morgan fingerprint density at radius 2 is 1.91 bits per heavy atom. The highest BCUT2D eigenvalue weighted by molar-refractivity contribution is 5.66.